The van der Waals surface area contributed by atoms with Gasteiger partial charge in [-0.05, 0) is 6.42 Å². The normalized spacial score (nSPS) is 20.5. The molecule has 2 rings (SSSR count). The summed E-state index contributed by atoms with van der Waals surface area (Å²) in [5.74, 6) is 0. The van der Waals surface area contributed by atoms with Crippen LogP contribution in [0.25, 0.3) is 0 Å². The molecule has 4 nitrogen and oxygen atoms in total. The van der Waals surface area contributed by atoms with Crippen molar-refractivity contribution in [3.8, 4) is 0 Å². The number of rotatable bonds is 5. The number of hydrogen-bond donors (Lipinski definition) is 1. The molecule has 0 aromatic carbocycles. The zero-order chi connectivity index (χ0) is 12.3. The minimum absolute atomic E-state index is 0.371. The number of anilines is 1. The van der Waals surface area contributed by atoms with E-state index >= 15 is 0 Å². The van der Waals surface area contributed by atoms with Crippen LogP contribution in [0.3, 0.4) is 0 Å². The van der Waals surface area contributed by atoms with Gasteiger partial charge in [0.15, 0.2) is 5.13 Å². The fourth-order valence-corrected chi connectivity index (χ4v) is 2.79. The third-order valence-corrected chi connectivity index (χ3v) is 3.93. The SMILES string of the molecule is COC1CCN(c2nc(CNC(C)C)cs2)C1. The van der Waals surface area contributed by atoms with Gasteiger partial charge in [0.05, 0.1) is 11.8 Å². The molecule has 0 radical (unpaired) electrons. The van der Waals surface area contributed by atoms with Gasteiger partial charge in [-0.3, -0.25) is 0 Å². The van der Waals surface area contributed by atoms with Crippen molar-refractivity contribution >= 4 is 16.5 Å². The monoisotopic (exact) mass is 255 g/mol. The van der Waals surface area contributed by atoms with E-state index in [1.54, 1.807) is 18.4 Å². The Kier molecular flexibility index (Phi) is 4.36. The molecule has 1 aromatic heterocycles. The number of thiazole rings is 1. The molecule has 2 heterocycles. The maximum absolute atomic E-state index is 5.37. The maximum Gasteiger partial charge on any atom is 0.185 e. The van der Waals surface area contributed by atoms with E-state index in [2.05, 4.69) is 34.4 Å². The highest BCUT2D eigenvalue weighted by atomic mass is 32.1. The van der Waals surface area contributed by atoms with Crippen molar-refractivity contribution in [2.24, 2.45) is 0 Å². The summed E-state index contributed by atoms with van der Waals surface area (Å²) >= 11 is 1.73. The Morgan fingerprint density at radius 3 is 3.12 bits per heavy atom. The summed E-state index contributed by atoms with van der Waals surface area (Å²) in [5.41, 5.74) is 1.14. The lowest BCUT2D eigenvalue weighted by Crippen LogP contribution is -2.23. The summed E-state index contributed by atoms with van der Waals surface area (Å²) in [4.78, 5) is 6.98. The third-order valence-electron chi connectivity index (χ3n) is 2.98. The Labute approximate surface area is 107 Å². The zero-order valence-corrected chi connectivity index (χ0v) is 11.6. The molecule has 1 aromatic rings. The summed E-state index contributed by atoms with van der Waals surface area (Å²) in [6, 6.07) is 0.504. The first-order valence-electron chi connectivity index (χ1n) is 6.14. The quantitative estimate of drug-likeness (QED) is 0.871. The molecular weight excluding hydrogens is 234 g/mol. The standard InChI is InChI=1S/C12H21N3OS/c1-9(2)13-6-10-8-17-12(14-10)15-5-4-11(7-15)16-3/h8-9,11,13H,4-7H2,1-3H3. The van der Waals surface area contributed by atoms with Crippen molar-refractivity contribution < 1.29 is 4.74 Å². The summed E-state index contributed by atoms with van der Waals surface area (Å²) < 4.78 is 5.37. The smallest absolute Gasteiger partial charge is 0.185 e. The number of nitrogens with one attached hydrogen (secondary N) is 1. The van der Waals surface area contributed by atoms with Crippen molar-refractivity contribution in [2.75, 3.05) is 25.1 Å². The Hall–Kier alpha value is -0.650. The van der Waals surface area contributed by atoms with Gasteiger partial charge in [-0.25, -0.2) is 4.98 Å². The fourth-order valence-electron chi connectivity index (χ4n) is 1.93. The fraction of sp³-hybridized carbons (Fsp3) is 0.750. The van der Waals surface area contributed by atoms with Crippen LogP contribution < -0.4 is 10.2 Å². The van der Waals surface area contributed by atoms with E-state index in [9.17, 15) is 0 Å². The van der Waals surface area contributed by atoms with Crippen LogP contribution in [-0.4, -0.2) is 37.3 Å². The van der Waals surface area contributed by atoms with Gasteiger partial charge in [0, 0.05) is 38.2 Å². The van der Waals surface area contributed by atoms with Crippen LogP contribution in [0.15, 0.2) is 5.38 Å². The van der Waals surface area contributed by atoms with Crippen LogP contribution in [0.5, 0.6) is 0 Å². The van der Waals surface area contributed by atoms with Gasteiger partial charge < -0.3 is 15.0 Å². The average molecular weight is 255 g/mol. The van der Waals surface area contributed by atoms with E-state index in [0.717, 1.165) is 36.9 Å². The maximum atomic E-state index is 5.37. The number of methoxy groups -OCH3 is 1. The van der Waals surface area contributed by atoms with Crippen molar-refractivity contribution in [1.29, 1.82) is 0 Å². The zero-order valence-electron chi connectivity index (χ0n) is 10.8. The molecule has 96 valence electrons. The molecule has 0 bridgehead atoms. The molecule has 1 saturated heterocycles. The minimum atomic E-state index is 0.371. The molecule has 1 aliphatic heterocycles. The topological polar surface area (TPSA) is 37.4 Å². The molecule has 0 amide bonds. The lowest BCUT2D eigenvalue weighted by Gasteiger charge is -2.14. The second kappa shape index (κ2) is 5.80. The molecule has 1 aliphatic rings. The van der Waals surface area contributed by atoms with Gasteiger partial charge in [-0.1, -0.05) is 13.8 Å². The van der Waals surface area contributed by atoms with E-state index in [1.807, 2.05) is 0 Å². The van der Waals surface area contributed by atoms with Gasteiger partial charge in [0.1, 0.15) is 0 Å². The summed E-state index contributed by atoms with van der Waals surface area (Å²) in [5, 5.41) is 6.66. The molecule has 17 heavy (non-hydrogen) atoms. The molecule has 0 saturated carbocycles. The number of hydrogen-bond acceptors (Lipinski definition) is 5. The minimum Gasteiger partial charge on any atom is -0.380 e. The second-order valence-corrected chi connectivity index (χ2v) is 5.59. The summed E-state index contributed by atoms with van der Waals surface area (Å²) in [6.07, 6.45) is 1.48. The van der Waals surface area contributed by atoms with E-state index < -0.39 is 0 Å². The molecule has 1 fully saturated rings. The highest BCUT2D eigenvalue weighted by Crippen LogP contribution is 2.25. The van der Waals surface area contributed by atoms with E-state index in [-0.39, 0.29) is 0 Å². The molecule has 1 N–H and O–H groups in total. The Balaban J connectivity index is 1.90. The van der Waals surface area contributed by atoms with Gasteiger partial charge >= 0.3 is 0 Å². The van der Waals surface area contributed by atoms with Crippen LogP contribution in [-0.2, 0) is 11.3 Å². The first kappa shape index (κ1) is 12.8. The largest absolute Gasteiger partial charge is 0.380 e. The van der Waals surface area contributed by atoms with E-state index in [4.69, 9.17) is 4.74 Å². The molecule has 1 unspecified atom stereocenters. The highest BCUT2D eigenvalue weighted by molar-refractivity contribution is 7.13. The highest BCUT2D eigenvalue weighted by Gasteiger charge is 2.24. The number of ether oxygens (including phenoxy) is 1. The molecule has 0 spiro atoms. The third kappa shape index (κ3) is 3.40. The van der Waals surface area contributed by atoms with Crippen molar-refractivity contribution in [2.45, 2.75) is 39.0 Å². The Morgan fingerprint density at radius 1 is 1.65 bits per heavy atom. The van der Waals surface area contributed by atoms with Crippen molar-refractivity contribution in [3.05, 3.63) is 11.1 Å². The Bertz CT molecular complexity index is 353. The van der Waals surface area contributed by atoms with E-state index in [0.29, 0.717) is 12.1 Å². The van der Waals surface area contributed by atoms with Gasteiger partial charge in [-0.2, -0.15) is 0 Å². The summed E-state index contributed by atoms with van der Waals surface area (Å²) in [7, 11) is 1.79. The lowest BCUT2D eigenvalue weighted by atomic mass is 10.3. The molecule has 1 atom stereocenters. The van der Waals surface area contributed by atoms with Crippen LogP contribution in [0.1, 0.15) is 26.0 Å². The first-order valence-corrected chi connectivity index (χ1v) is 7.02. The van der Waals surface area contributed by atoms with Crippen LogP contribution in [0.4, 0.5) is 5.13 Å². The second-order valence-electron chi connectivity index (χ2n) is 4.75. The molecule has 0 aliphatic carbocycles. The average Bonchev–Trinajstić information content (AvgIpc) is 2.94. The summed E-state index contributed by atoms with van der Waals surface area (Å²) in [6.45, 7) is 7.19. The Morgan fingerprint density at radius 2 is 2.47 bits per heavy atom. The van der Waals surface area contributed by atoms with Crippen molar-refractivity contribution in [1.82, 2.24) is 10.3 Å². The lowest BCUT2D eigenvalue weighted by molar-refractivity contribution is 0.121. The van der Waals surface area contributed by atoms with Gasteiger partial charge in [0.2, 0.25) is 0 Å². The molecule has 5 heteroatoms. The predicted molar refractivity (Wildman–Crippen MR) is 71.7 cm³/mol. The van der Waals surface area contributed by atoms with Gasteiger partial charge in [-0.15, -0.1) is 11.3 Å². The number of aromatic nitrogens is 1. The van der Waals surface area contributed by atoms with Crippen LogP contribution in [0, 0.1) is 0 Å². The van der Waals surface area contributed by atoms with E-state index in [1.165, 1.54) is 0 Å². The van der Waals surface area contributed by atoms with Crippen molar-refractivity contribution in [3.63, 3.8) is 0 Å². The number of nitrogens with zero attached hydrogens (tertiary/aromatic N) is 2. The first-order chi connectivity index (χ1) is 8.19. The predicted octanol–water partition coefficient (Wildman–Crippen LogP) is 1.87. The van der Waals surface area contributed by atoms with Gasteiger partial charge in [0.25, 0.3) is 0 Å². The van der Waals surface area contributed by atoms with Crippen LogP contribution in [0.2, 0.25) is 0 Å². The van der Waals surface area contributed by atoms with Crippen LogP contribution >= 0.6 is 11.3 Å². The molecular formula is C12H21N3OS.